The van der Waals surface area contributed by atoms with Crippen LogP contribution in [0.5, 0.6) is 0 Å². The Hall–Kier alpha value is -1.84. The van der Waals surface area contributed by atoms with E-state index in [4.69, 9.17) is 5.73 Å². The number of nitrogens with two attached hydrogens (primary N) is 1. The van der Waals surface area contributed by atoms with Gasteiger partial charge in [0.15, 0.2) is 0 Å². The van der Waals surface area contributed by atoms with Crippen molar-refractivity contribution in [1.82, 2.24) is 9.55 Å². The second-order valence-electron chi connectivity index (χ2n) is 6.39. The molecule has 2 N–H and O–H groups in total. The number of halogens is 1. The molecule has 0 unspecified atom stereocenters. The maximum Gasteiger partial charge on any atom is 0.131 e. The lowest BCUT2D eigenvalue weighted by Crippen LogP contribution is -2.21. The Morgan fingerprint density at radius 1 is 1.25 bits per heavy atom. The summed E-state index contributed by atoms with van der Waals surface area (Å²) >= 11 is 0. The number of imidazole rings is 1. The Balaban J connectivity index is 2.68. The van der Waals surface area contributed by atoms with Gasteiger partial charge < -0.3 is 10.3 Å². The van der Waals surface area contributed by atoms with Gasteiger partial charge in [0.2, 0.25) is 0 Å². The van der Waals surface area contributed by atoms with Crippen LogP contribution < -0.4 is 5.73 Å². The summed E-state index contributed by atoms with van der Waals surface area (Å²) in [5.74, 6) is 1.23. The molecule has 0 saturated heterocycles. The number of benzene rings is 1. The average molecular weight is 275 g/mol. The highest BCUT2D eigenvalue weighted by molar-refractivity contribution is 5.71. The van der Waals surface area contributed by atoms with Crippen molar-refractivity contribution in [3.8, 4) is 11.3 Å². The van der Waals surface area contributed by atoms with Crippen molar-refractivity contribution in [2.24, 2.45) is 0 Å². The van der Waals surface area contributed by atoms with E-state index in [-0.39, 0.29) is 17.3 Å². The molecule has 0 aliphatic rings. The molecule has 4 heteroatoms. The predicted octanol–water partition coefficient (Wildman–Crippen LogP) is 4.15. The Morgan fingerprint density at radius 2 is 1.90 bits per heavy atom. The van der Waals surface area contributed by atoms with Crippen LogP contribution in [0.2, 0.25) is 0 Å². The minimum atomic E-state index is -0.279. The monoisotopic (exact) mass is 275 g/mol. The number of aromatic nitrogens is 2. The molecule has 0 saturated carbocycles. The summed E-state index contributed by atoms with van der Waals surface area (Å²) in [6.07, 6.45) is 0. The molecular weight excluding hydrogens is 253 g/mol. The summed E-state index contributed by atoms with van der Waals surface area (Å²) in [5, 5.41) is 0. The van der Waals surface area contributed by atoms with Gasteiger partial charge in [0.25, 0.3) is 0 Å². The molecule has 0 aliphatic heterocycles. The topological polar surface area (TPSA) is 43.8 Å². The third-order valence-corrected chi connectivity index (χ3v) is 3.23. The van der Waals surface area contributed by atoms with Gasteiger partial charge in [-0.15, -0.1) is 0 Å². The minimum absolute atomic E-state index is 0.121. The first-order valence-corrected chi connectivity index (χ1v) is 6.86. The molecule has 0 fully saturated rings. The van der Waals surface area contributed by atoms with E-state index in [1.54, 1.807) is 6.07 Å². The maximum absolute atomic E-state index is 13.4. The molecule has 1 aromatic heterocycles. The number of anilines is 1. The molecule has 0 aliphatic carbocycles. The molecular formula is C16H22FN3. The first kappa shape index (κ1) is 14.6. The lowest BCUT2D eigenvalue weighted by Gasteiger charge is -2.22. The van der Waals surface area contributed by atoms with Gasteiger partial charge in [0, 0.05) is 17.0 Å². The van der Waals surface area contributed by atoms with Gasteiger partial charge in [-0.3, -0.25) is 0 Å². The van der Waals surface area contributed by atoms with Crippen LogP contribution in [0.25, 0.3) is 11.3 Å². The number of rotatable bonds is 2. The fraction of sp³-hybridized carbons (Fsp3) is 0.438. The van der Waals surface area contributed by atoms with Crippen molar-refractivity contribution in [3.63, 3.8) is 0 Å². The summed E-state index contributed by atoms with van der Waals surface area (Å²) in [4.78, 5) is 4.68. The Bertz CT molecular complexity index is 621. The van der Waals surface area contributed by atoms with E-state index < -0.39 is 0 Å². The van der Waals surface area contributed by atoms with E-state index in [0.29, 0.717) is 17.1 Å². The fourth-order valence-corrected chi connectivity index (χ4v) is 2.35. The molecule has 2 aromatic rings. The van der Waals surface area contributed by atoms with Gasteiger partial charge in [-0.2, -0.15) is 0 Å². The van der Waals surface area contributed by atoms with Gasteiger partial charge in [0.1, 0.15) is 23.2 Å². The highest BCUT2D eigenvalue weighted by Gasteiger charge is 2.26. The first-order valence-electron chi connectivity index (χ1n) is 6.86. The summed E-state index contributed by atoms with van der Waals surface area (Å²) in [6.45, 7) is 10.4. The SMILES string of the molecule is CC(C)n1c(C(C)(C)C)nc(-c2cccc(F)c2)c1N. The van der Waals surface area contributed by atoms with E-state index >= 15 is 0 Å². The highest BCUT2D eigenvalue weighted by atomic mass is 19.1. The van der Waals surface area contributed by atoms with E-state index in [0.717, 1.165) is 5.82 Å². The van der Waals surface area contributed by atoms with E-state index in [2.05, 4.69) is 39.6 Å². The van der Waals surface area contributed by atoms with Gasteiger partial charge in [-0.05, 0) is 26.0 Å². The molecule has 0 bridgehead atoms. The molecule has 1 heterocycles. The highest BCUT2D eigenvalue weighted by Crippen LogP contribution is 2.34. The lowest BCUT2D eigenvalue weighted by atomic mass is 9.95. The summed E-state index contributed by atoms with van der Waals surface area (Å²) in [5.41, 5.74) is 7.51. The van der Waals surface area contributed by atoms with Crippen LogP contribution in [0, 0.1) is 5.82 Å². The van der Waals surface area contributed by atoms with Gasteiger partial charge >= 0.3 is 0 Å². The van der Waals surface area contributed by atoms with Crippen LogP contribution >= 0.6 is 0 Å². The Labute approximate surface area is 119 Å². The van der Waals surface area contributed by atoms with Crippen molar-refractivity contribution in [3.05, 3.63) is 35.9 Å². The summed E-state index contributed by atoms with van der Waals surface area (Å²) < 4.78 is 15.4. The minimum Gasteiger partial charge on any atom is -0.383 e. The molecule has 3 nitrogen and oxygen atoms in total. The largest absolute Gasteiger partial charge is 0.383 e. The van der Waals surface area contributed by atoms with Crippen molar-refractivity contribution in [2.75, 3.05) is 5.73 Å². The van der Waals surface area contributed by atoms with Crippen molar-refractivity contribution in [1.29, 1.82) is 0 Å². The van der Waals surface area contributed by atoms with Crippen LogP contribution in [0.3, 0.4) is 0 Å². The summed E-state index contributed by atoms with van der Waals surface area (Å²) in [7, 11) is 0. The zero-order valence-electron chi connectivity index (χ0n) is 12.7. The molecule has 0 amide bonds. The second-order valence-corrected chi connectivity index (χ2v) is 6.39. The normalized spacial score (nSPS) is 12.2. The molecule has 0 radical (unpaired) electrons. The molecule has 0 atom stereocenters. The number of hydrogen-bond donors (Lipinski definition) is 1. The predicted molar refractivity (Wildman–Crippen MR) is 81.1 cm³/mol. The van der Waals surface area contributed by atoms with Crippen molar-refractivity contribution >= 4 is 5.82 Å². The first-order chi connectivity index (χ1) is 9.21. The maximum atomic E-state index is 13.4. The van der Waals surface area contributed by atoms with Gasteiger partial charge in [-0.1, -0.05) is 32.9 Å². The van der Waals surface area contributed by atoms with Crippen molar-refractivity contribution < 1.29 is 4.39 Å². The zero-order valence-corrected chi connectivity index (χ0v) is 12.7. The number of nitrogens with zero attached hydrogens (tertiary/aromatic N) is 2. The quantitative estimate of drug-likeness (QED) is 0.894. The average Bonchev–Trinajstić information content (AvgIpc) is 2.66. The Morgan fingerprint density at radius 3 is 2.35 bits per heavy atom. The lowest BCUT2D eigenvalue weighted by molar-refractivity contribution is 0.473. The Kier molecular flexibility index (Phi) is 3.59. The van der Waals surface area contributed by atoms with Gasteiger partial charge in [-0.25, -0.2) is 9.37 Å². The zero-order chi connectivity index (χ0) is 15.1. The number of hydrogen-bond acceptors (Lipinski definition) is 2. The molecule has 2 rings (SSSR count). The molecule has 108 valence electrons. The van der Waals surface area contributed by atoms with Crippen molar-refractivity contribution in [2.45, 2.75) is 46.1 Å². The van der Waals surface area contributed by atoms with Crippen LogP contribution in [0.4, 0.5) is 10.2 Å². The third-order valence-electron chi connectivity index (χ3n) is 3.23. The standard InChI is InChI=1S/C16H22FN3/c1-10(2)20-14(18)13(19-15(20)16(3,4)5)11-7-6-8-12(17)9-11/h6-10H,18H2,1-5H3. The van der Waals surface area contributed by atoms with Crippen LogP contribution in [0.15, 0.2) is 24.3 Å². The number of nitrogen functional groups attached to an aromatic ring is 1. The van der Waals surface area contributed by atoms with E-state index in [9.17, 15) is 4.39 Å². The second kappa shape index (κ2) is 4.93. The van der Waals surface area contributed by atoms with Crippen LogP contribution in [-0.2, 0) is 5.41 Å². The molecule has 20 heavy (non-hydrogen) atoms. The van der Waals surface area contributed by atoms with Crippen LogP contribution in [0.1, 0.15) is 46.5 Å². The molecule has 0 spiro atoms. The third kappa shape index (κ3) is 2.55. The van der Waals surface area contributed by atoms with Gasteiger partial charge in [0.05, 0.1) is 0 Å². The summed E-state index contributed by atoms with van der Waals surface area (Å²) in [6, 6.07) is 6.60. The molecule has 1 aromatic carbocycles. The van der Waals surface area contributed by atoms with E-state index in [1.807, 2.05) is 10.6 Å². The van der Waals surface area contributed by atoms with Crippen LogP contribution in [-0.4, -0.2) is 9.55 Å². The fourth-order valence-electron chi connectivity index (χ4n) is 2.35. The smallest absolute Gasteiger partial charge is 0.131 e. The van der Waals surface area contributed by atoms with E-state index in [1.165, 1.54) is 12.1 Å².